The van der Waals surface area contributed by atoms with Gasteiger partial charge in [-0.3, -0.25) is 9.69 Å². The molecule has 0 unspecified atom stereocenters. The molecule has 2 aliphatic rings. The molecule has 5 heteroatoms. The molecule has 2 atom stereocenters. The normalized spacial score (nSPS) is 27.8. The lowest BCUT2D eigenvalue weighted by atomic mass is 9.73. The van der Waals surface area contributed by atoms with Crippen LogP contribution in [0.25, 0.3) is 0 Å². The van der Waals surface area contributed by atoms with Gasteiger partial charge in [0.25, 0.3) is 5.91 Å². The van der Waals surface area contributed by atoms with Crippen LogP contribution in [0.1, 0.15) is 43.7 Å². The van der Waals surface area contributed by atoms with Crippen LogP contribution in [-0.2, 0) is 11.3 Å². The predicted molar refractivity (Wildman–Crippen MR) is 80.6 cm³/mol. The Morgan fingerprint density at radius 2 is 2.05 bits per heavy atom. The molecule has 3 rings (SSSR count). The van der Waals surface area contributed by atoms with Crippen LogP contribution in [0.15, 0.2) is 24.3 Å². The van der Waals surface area contributed by atoms with Crippen molar-refractivity contribution < 1.29 is 9.59 Å². The summed E-state index contributed by atoms with van der Waals surface area (Å²) in [4.78, 5) is 26.4. The number of carbonyl (C=O) groups excluding carboxylic acids is 2. The molecule has 22 heavy (non-hydrogen) atoms. The van der Waals surface area contributed by atoms with Gasteiger partial charge in [0.15, 0.2) is 0 Å². The van der Waals surface area contributed by atoms with Crippen molar-refractivity contribution in [2.24, 2.45) is 5.92 Å². The number of nitriles is 1. The minimum atomic E-state index is -0.706. The molecule has 5 nitrogen and oxygen atoms in total. The summed E-state index contributed by atoms with van der Waals surface area (Å²) >= 11 is 0. The Hall–Kier alpha value is -2.35. The van der Waals surface area contributed by atoms with Crippen molar-refractivity contribution in [3.8, 4) is 6.07 Å². The second-order valence-corrected chi connectivity index (χ2v) is 6.25. The Balaban J connectivity index is 1.81. The average molecular weight is 297 g/mol. The Bertz CT molecular complexity index is 647. The van der Waals surface area contributed by atoms with E-state index in [1.165, 1.54) is 4.90 Å². The largest absolute Gasteiger partial charge is 0.325 e. The van der Waals surface area contributed by atoms with Crippen molar-refractivity contribution in [3.63, 3.8) is 0 Å². The number of carbonyl (C=O) groups is 2. The van der Waals surface area contributed by atoms with Crippen LogP contribution in [0.4, 0.5) is 4.79 Å². The van der Waals surface area contributed by atoms with E-state index >= 15 is 0 Å². The summed E-state index contributed by atoms with van der Waals surface area (Å²) in [5, 5.41) is 11.8. The zero-order valence-electron chi connectivity index (χ0n) is 12.6. The highest BCUT2D eigenvalue weighted by Gasteiger charge is 2.54. The highest BCUT2D eigenvalue weighted by molar-refractivity contribution is 6.07. The van der Waals surface area contributed by atoms with Gasteiger partial charge < -0.3 is 5.32 Å². The van der Waals surface area contributed by atoms with Crippen LogP contribution < -0.4 is 5.32 Å². The Morgan fingerprint density at radius 1 is 1.32 bits per heavy atom. The van der Waals surface area contributed by atoms with E-state index in [1.807, 2.05) is 6.92 Å². The van der Waals surface area contributed by atoms with Crippen molar-refractivity contribution in [1.29, 1.82) is 5.26 Å². The molecule has 1 N–H and O–H groups in total. The minimum absolute atomic E-state index is 0.103. The van der Waals surface area contributed by atoms with Gasteiger partial charge >= 0.3 is 6.03 Å². The van der Waals surface area contributed by atoms with E-state index in [-0.39, 0.29) is 24.4 Å². The van der Waals surface area contributed by atoms with Crippen molar-refractivity contribution in [2.45, 2.75) is 44.7 Å². The molecule has 1 heterocycles. The van der Waals surface area contributed by atoms with Gasteiger partial charge in [0.2, 0.25) is 0 Å². The fourth-order valence-corrected chi connectivity index (χ4v) is 3.51. The zero-order chi connectivity index (χ0) is 15.7. The Kier molecular flexibility index (Phi) is 3.61. The van der Waals surface area contributed by atoms with Gasteiger partial charge in [0.1, 0.15) is 5.54 Å². The van der Waals surface area contributed by atoms with Crippen LogP contribution in [-0.4, -0.2) is 22.4 Å². The minimum Gasteiger partial charge on any atom is -0.323 e. The maximum atomic E-state index is 12.8. The summed E-state index contributed by atoms with van der Waals surface area (Å²) in [6.45, 7) is 2.30. The first-order valence-corrected chi connectivity index (χ1v) is 7.70. The summed E-state index contributed by atoms with van der Waals surface area (Å²) in [5.74, 6) is 0.0673. The molecular formula is C17H19N3O2. The van der Waals surface area contributed by atoms with Crippen LogP contribution in [0.2, 0.25) is 0 Å². The first-order chi connectivity index (χ1) is 10.6. The third-order valence-electron chi connectivity index (χ3n) is 4.93. The third-order valence-corrected chi connectivity index (χ3v) is 4.93. The zero-order valence-corrected chi connectivity index (χ0v) is 12.6. The number of hydrogen-bond donors (Lipinski definition) is 1. The van der Waals surface area contributed by atoms with E-state index in [4.69, 9.17) is 5.26 Å². The van der Waals surface area contributed by atoms with Gasteiger partial charge in [0.05, 0.1) is 18.2 Å². The molecule has 1 saturated carbocycles. The van der Waals surface area contributed by atoms with E-state index in [9.17, 15) is 9.59 Å². The monoisotopic (exact) mass is 297 g/mol. The summed E-state index contributed by atoms with van der Waals surface area (Å²) in [6, 6.07) is 8.73. The molecule has 0 aromatic heterocycles. The second kappa shape index (κ2) is 5.45. The van der Waals surface area contributed by atoms with Crippen molar-refractivity contribution >= 4 is 11.9 Å². The lowest BCUT2D eigenvalue weighted by Crippen LogP contribution is -2.53. The SMILES string of the molecule is C[C@@H]1CCCC[C@@]12NC(=O)N(Cc1ccc(C#N)cc1)C2=O. The smallest absolute Gasteiger partial charge is 0.323 e. The quantitative estimate of drug-likeness (QED) is 0.853. The summed E-state index contributed by atoms with van der Waals surface area (Å²) in [5.41, 5.74) is 0.711. The highest BCUT2D eigenvalue weighted by atomic mass is 16.2. The van der Waals surface area contributed by atoms with E-state index < -0.39 is 5.54 Å². The fraction of sp³-hybridized carbons (Fsp3) is 0.471. The first-order valence-electron chi connectivity index (χ1n) is 7.70. The van der Waals surface area contributed by atoms with Gasteiger partial charge in [-0.15, -0.1) is 0 Å². The van der Waals surface area contributed by atoms with Crippen LogP contribution in [0.5, 0.6) is 0 Å². The summed E-state index contributed by atoms with van der Waals surface area (Å²) in [6.07, 6.45) is 3.78. The van der Waals surface area contributed by atoms with Crippen molar-refractivity contribution in [3.05, 3.63) is 35.4 Å². The Labute approximate surface area is 129 Å². The highest BCUT2D eigenvalue weighted by Crippen LogP contribution is 2.38. The van der Waals surface area contributed by atoms with Crippen molar-refractivity contribution in [1.82, 2.24) is 10.2 Å². The van der Waals surface area contributed by atoms with Gasteiger partial charge in [-0.25, -0.2) is 4.79 Å². The van der Waals surface area contributed by atoms with Crippen LogP contribution >= 0.6 is 0 Å². The number of hydrogen-bond acceptors (Lipinski definition) is 3. The van der Waals surface area contributed by atoms with Crippen LogP contribution in [0.3, 0.4) is 0 Å². The fourth-order valence-electron chi connectivity index (χ4n) is 3.51. The molecule has 1 aromatic rings. The number of amides is 3. The first kappa shape index (κ1) is 14.6. The number of benzene rings is 1. The molecule has 0 bridgehead atoms. The molecule has 1 aliphatic heterocycles. The van der Waals surface area contributed by atoms with Gasteiger partial charge in [-0.1, -0.05) is 31.9 Å². The van der Waals surface area contributed by atoms with Crippen molar-refractivity contribution in [2.75, 3.05) is 0 Å². The lowest BCUT2D eigenvalue weighted by Gasteiger charge is -2.36. The van der Waals surface area contributed by atoms with Gasteiger partial charge in [-0.2, -0.15) is 5.26 Å². The summed E-state index contributed by atoms with van der Waals surface area (Å²) < 4.78 is 0. The number of rotatable bonds is 2. The van der Waals surface area contributed by atoms with E-state index in [0.717, 1.165) is 31.2 Å². The lowest BCUT2D eigenvalue weighted by molar-refractivity contribution is -0.134. The molecular weight excluding hydrogens is 278 g/mol. The number of urea groups is 1. The predicted octanol–water partition coefficient (Wildman–Crippen LogP) is 2.56. The molecule has 2 fully saturated rings. The van der Waals surface area contributed by atoms with E-state index in [0.29, 0.717) is 5.56 Å². The van der Waals surface area contributed by atoms with E-state index in [1.54, 1.807) is 24.3 Å². The molecule has 1 saturated heterocycles. The van der Waals surface area contributed by atoms with Gasteiger partial charge in [0, 0.05) is 0 Å². The van der Waals surface area contributed by atoms with Crippen LogP contribution in [0, 0.1) is 17.2 Å². The molecule has 114 valence electrons. The molecule has 1 aromatic carbocycles. The average Bonchev–Trinajstić information content (AvgIpc) is 2.76. The molecule has 1 aliphatic carbocycles. The number of nitrogens with one attached hydrogen (secondary N) is 1. The summed E-state index contributed by atoms with van der Waals surface area (Å²) in [7, 11) is 0. The molecule has 0 radical (unpaired) electrons. The second-order valence-electron chi connectivity index (χ2n) is 6.25. The number of imide groups is 1. The molecule has 3 amide bonds. The maximum Gasteiger partial charge on any atom is 0.325 e. The van der Waals surface area contributed by atoms with E-state index in [2.05, 4.69) is 11.4 Å². The standard InChI is InChI=1S/C17H19N3O2/c1-12-4-2-3-9-17(12)15(21)20(16(22)19-17)11-14-7-5-13(10-18)6-8-14/h5-8,12H,2-4,9,11H2,1H3,(H,19,22)/t12-,17-/m1/s1. The topological polar surface area (TPSA) is 73.2 Å². The third kappa shape index (κ3) is 2.25. The number of nitrogens with zero attached hydrogens (tertiary/aromatic N) is 2. The Morgan fingerprint density at radius 3 is 2.68 bits per heavy atom. The maximum absolute atomic E-state index is 12.8. The van der Waals surface area contributed by atoms with Gasteiger partial charge in [-0.05, 0) is 36.5 Å². The molecule has 1 spiro atoms.